The Labute approximate surface area is 150 Å². The highest BCUT2D eigenvalue weighted by atomic mass is 19.3. The number of alkyl halides is 3. The van der Waals surface area contributed by atoms with Crippen molar-refractivity contribution in [1.82, 2.24) is 9.88 Å². The van der Waals surface area contributed by atoms with Crippen molar-refractivity contribution < 1.29 is 41.4 Å². The van der Waals surface area contributed by atoms with Crippen LogP contribution in [0.2, 0.25) is 0 Å². The van der Waals surface area contributed by atoms with Crippen LogP contribution in [-0.4, -0.2) is 52.9 Å². The number of rotatable bonds is 6. The van der Waals surface area contributed by atoms with Crippen molar-refractivity contribution in [2.45, 2.75) is 25.5 Å². The van der Waals surface area contributed by atoms with Gasteiger partial charge in [-0.05, 0) is 12.1 Å². The van der Waals surface area contributed by atoms with E-state index in [2.05, 4.69) is 9.72 Å². The minimum Gasteiger partial charge on any atom is -0.481 e. The lowest BCUT2D eigenvalue weighted by Gasteiger charge is -2.12. The molecule has 1 aromatic heterocycles. The molecule has 27 heavy (non-hydrogen) atoms. The van der Waals surface area contributed by atoms with Gasteiger partial charge in [0.15, 0.2) is 23.9 Å². The first-order valence-corrected chi connectivity index (χ1v) is 7.76. The molecule has 1 amide bonds. The molecule has 0 unspecified atom stereocenters. The highest BCUT2D eigenvalue weighted by Crippen LogP contribution is 2.24. The van der Waals surface area contributed by atoms with Gasteiger partial charge in [-0.25, -0.2) is 13.8 Å². The van der Waals surface area contributed by atoms with Crippen molar-refractivity contribution in [2.75, 3.05) is 13.1 Å². The van der Waals surface area contributed by atoms with Crippen LogP contribution in [-0.2, 0) is 6.61 Å². The second-order valence-corrected chi connectivity index (χ2v) is 5.68. The van der Waals surface area contributed by atoms with E-state index in [9.17, 15) is 27.5 Å². The topological polar surface area (TPSA) is 85.0 Å². The number of benzene rings is 1. The lowest BCUT2D eigenvalue weighted by Crippen LogP contribution is -2.29. The van der Waals surface area contributed by atoms with Gasteiger partial charge in [-0.2, -0.15) is 8.78 Å². The fraction of sp³-hybridized carbons (Fsp3) is 0.375. The predicted octanol–water partition coefficient (Wildman–Crippen LogP) is 2.15. The first-order chi connectivity index (χ1) is 12.8. The summed E-state index contributed by atoms with van der Waals surface area (Å²) >= 11 is 0. The van der Waals surface area contributed by atoms with Crippen LogP contribution in [0.4, 0.5) is 17.6 Å². The summed E-state index contributed by atoms with van der Waals surface area (Å²) in [4.78, 5) is 17.1. The molecule has 2 atom stereocenters. The van der Waals surface area contributed by atoms with Crippen LogP contribution in [0.3, 0.4) is 0 Å². The Kier molecular flexibility index (Phi) is 5.49. The molecule has 1 aliphatic rings. The summed E-state index contributed by atoms with van der Waals surface area (Å²) in [6.45, 7) is -3.83. The number of hydrogen-bond acceptors (Lipinski definition) is 6. The van der Waals surface area contributed by atoms with Gasteiger partial charge in [-0.3, -0.25) is 4.79 Å². The van der Waals surface area contributed by atoms with Gasteiger partial charge in [-0.15, -0.1) is 0 Å². The summed E-state index contributed by atoms with van der Waals surface area (Å²) in [5.41, 5.74) is -0.115. The maximum Gasteiger partial charge on any atom is 0.387 e. The molecular weight excluding hydrogens is 376 g/mol. The number of amides is 1. The molecule has 0 aliphatic carbocycles. The highest BCUT2D eigenvalue weighted by molar-refractivity contribution is 5.92. The number of nitrogens with zero attached hydrogens (tertiary/aromatic N) is 2. The Morgan fingerprint density at radius 1 is 1.41 bits per heavy atom. The zero-order valence-electron chi connectivity index (χ0n) is 13.6. The number of β-amino-alcohol motifs (C(OH)–C–C–N with tert-alkyl or cyclic N) is 1. The third-order valence-corrected chi connectivity index (χ3v) is 3.76. The number of oxazole rings is 1. The summed E-state index contributed by atoms with van der Waals surface area (Å²) < 4.78 is 65.5. The molecule has 0 saturated carbocycles. The monoisotopic (exact) mass is 390 g/mol. The van der Waals surface area contributed by atoms with E-state index in [0.717, 1.165) is 29.4 Å². The van der Waals surface area contributed by atoms with Crippen molar-refractivity contribution in [3.05, 3.63) is 41.9 Å². The minimum absolute atomic E-state index is 0.0535. The molecule has 1 saturated heterocycles. The van der Waals surface area contributed by atoms with Crippen LogP contribution in [0.5, 0.6) is 11.5 Å². The predicted molar refractivity (Wildman–Crippen MR) is 80.7 cm³/mol. The van der Waals surface area contributed by atoms with E-state index in [1.54, 1.807) is 0 Å². The fourth-order valence-electron chi connectivity index (χ4n) is 2.46. The zero-order chi connectivity index (χ0) is 19.6. The maximum absolute atomic E-state index is 13.8. The average Bonchev–Trinajstić information content (AvgIpc) is 3.20. The number of likely N-dealkylation sites (tertiary alicyclic amines) is 1. The van der Waals surface area contributed by atoms with Gasteiger partial charge in [0.2, 0.25) is 5.89 Å². The zero-order valence-corrected chi connectivity index (χ0v) is 13.6. The number of hydrogen-bond donors (Lipinski definition) is 1. The van der Waals surface area contributed by atoms with Gasteiger partial charge >= 0.3 is 6.61 Å². The number of aliphatic hydroxyl groups is 1. The molecule has 1 aliphatic heterocycles. The molecule has 0 radical (unpaired) electrons. The number of aliphatic hydroxyl groups excluding tert-OH is 1. The van der Waals surface area contributed by atoms with E-state index in [1.165, 1.54) is 0 Å². The minimum atomic E-state index is -3.08. The summed E-state index contributed by atoms with van der Waals surface area (Å²) in [5.74, 6) is -2.23. The fourth-order valence-corrected chi connectivity index (χ4v) is 2.46. The summed E-state index contributed by atoms with van der Waals surface area (Å²) in [6, 6.07) is 2.92. The molecular formula is C16H14F4N2O5. The van der Waals surface area contributed by atoms with Crippen molar-refractivity contribution in [2.24, 2.45) is 0 Å². The summed E-state index contributed by atoms with van der Waals surface area (Å²) in [5, 5.41) is 9.35. The average molecular weight is 390 g/mol. The number of halogens is 4. The molecule has 146 valence electrons. The van der Waals surface area contributed by atoms with E-state index >= 15 is 0 Å². The molecule has 1 aromatic carbocycles. The van der Waals surface area contributed by atoms with E-state index in [4.69, 9.17) is 9.15 Å². The number of ether oxygens (including phenoxy) is 2. The van der Waals surface area contributed by atoms with Crippen molar-refractivity contribution in [3.8, 4) is 11.5 Å². The van der Waals surface area contributed by atoms with Crippen molar-refractivity contribution in [1.29, 1.82) is 0 Å². The van der Waals surface area contributed by atoms with E-state index in [1.807, 2.05) is 0 Å². The van der Waals surface area contributed by atoms with Gasteiger partial charge in [0.25, 0.3) is 5.91 Å². The van der Waals surface area contributed by atoms with Crippen molar-refractivity contribution in [3.63, 3.8) is 0 Å². The smallest absolute Gasteiger partial charge is 0.387 e. The van der Waals surface area contributed by atoms with Crippen molar-refractivity contribution >= 4 is 5.91 Å². The number of carbonyl (C=O) groups excluding carboxylic acids is 1. The van der Waals surface area contributed by atoms with E-state index in [-0.39, 0.29) is 42.8 Å². The first kappa shape index (κ1) is 19.0. The molecule has 0 bridgehead atoms. The van der Waals surface area contributed by atoms with Crippen LogP contribution in [0.15, 0.2) is 28.9 Å². The molecule has 3 rings (SSSR count). The van der Waals surface area contributed by atoms with Gasteiger partial charge in [0.05, 0.1) is 13.1 Å². The second kappa shape index (κ2) is 7.82. The van der Waals surface area contributed by atoms with Gasteiger partial charge in [-0.1, -0.05) is 0 Å². The van der Waals surface area contributed by atoms with Crippen LogP contribution in [0.1, 0.15) is 16.4 Å². The van der Waals surface area contributed by atoms with E-state index in [0.29, 0.717) is 0 Å². The molecule has 2 aromatic rings. The molecule has 11 heteroatoms. The number of aromatic nitrogens is 1. The normalized spacial score (nSPS) is 19.6. The third-order valence-electron chi connectivity index (χ3n) is 3.76. The van der Waals surface area contributed by atoms with Crippen LogP contribution < -0.4 is 9.47 Å². The van der Waals surface area contributed by atoms with Crippen LogP contribution in [0, 0.1) is 5.82 Å². The lowest BCUT2D eigenvalue weighted by molar-refractivity contribution is -0.0500. The first-order valence-electron chi connectivity index (χ1n) is 7.76. The SMILES string of the molecule is O=C(c1coc(COc2ccc(OC(F)F)cc2F)n1)N1C[C@@H](O)[C@H](F)C1. The summed E-state index contributed by atoms with van der Waals surface area (Å²) in [7, 11) is 0. The number of carbonyl (C=O) groups is 1. The Bertz CT molecular complexity index is 806. The van der Waals surface area contributed by atoms with Crippen LogP contribution >= 0.6 is 0 Å². The quantitative estimate of drug-likeness (QED) is 0.761. The van der Waals surface area contributed by atoms with E-state index < -0.39 is 30.6 Å². The lowest BCUT2D eigenvalue weighted by atomic mass is 10.3. The Morgan fingerprint density at radius 2 is 2.19 bits per heavy atom. The van der Waals surface area contributed by atoms with Gasteiger partial charge in [0.1, 0.15) is 24.3 Å². The third kappa shape index (κ3) is 4.48. The maximum atomic E-state index is 13.8. The Morgan fingerprint density at radius 3 is 2.81 bits per heavy atom. The Balaban J connectivity index is 1.59. The second-order valence-electron chi connectivity index (χ2n) is 5.68. The van der Waals surface area contributed by atoms with Gasteiger partial charge < -0.3 is 23.9 Å². The Hall–Kier alpha value is -2.82. The van der Waals surface area contributed by atoms with Gasteiger partial charge in [0, 0.05) is 6.07 Å². The standard InChI is InChI=1S/C16H14F4N2O5/c17-9-3-8(27-16(19)20)1-2-13(9)25-7-14-21-11(6-26-14)15(24)22-4-10(18)12(23)5-22/h1-3,6,10,12,16,23H,4-5,7H2/t10-,12-/m1/s1. The largest absolute Gasteiger partial charge is 0.481 e. The van der Waals surface area contributed by atoms with Crippen LogP contribution in [0.25, 0.3) is 0 Å². The molecule has 1 N–H and O–H groups in total. The summed E-state index contributed by atoms with van der Waals surface area (Å²) in [6.07, 6.45) is -1.73. The molecule has 7 nitrogen and oxygen atoms in total. The molecule has 1 fully saturated rings. The molecule has 2 heterocycles. The molecule has 0 spiro atoms. The highest BCUT2D eigenvalue weighted by Gasteiger charge is 2.35.